The van der Waals surface area contributed by atoms with Crippen molar-refractivity contribution >= 4 is 23.5 Å². The molecule has 0 aliphatic rings. The summed E-state index contributed by atoms with van der Waals surface area (Å²) in [6.07, 6.45) is 7.08. The fraction of sp³-hybridized carbons (Fsp3) is 0.273. The third kappa shape index (κ3) is 5.94. The molecule has 0 aliphatic heterocycles. The maximum absolute atomic E-state index is 12.3. The molecule has 3 aromatic rings. The quantitative estimate of drug-likeness (QED) is 0.494. The van der Waals surface area contributed by atoms with Crippen molar-refractivity contribution in [2.24, 2.45) is 0 Å². The van der Waals surface area contributed by atoms with Gasteiger partial charge in [-0.3, -0.25) is 0 Å². The number of aromatic nitrogens is 3. The summed E-state index contributed by atoms with van der Waals surface area (Å²) in [5.41, 5.74) is 5.24. The fourth-order valence-corrected chi connectivity index (χ4v) is 2.69. The van der Waals surface area contributed by atoms with Crippen molar-refractivity contribution in [3.05, 3.63) is 71.5 Å². The van der Waals surface area contributed by atoms with E-state index in [1.54, 1.807) is 6.20 Å². The minimum absolute atomic E-state index is 0.242. The summed E-state index contributed by atoms with van der Waals surface area (Å²) >= 11 is 0. The van der Waals surface area contributed by atoms with Gasteiger partial charge in [-0.15, -0.1) is 5.10 Å². The molecule has 0 radical (unpaired) electrons. The smallest absolute Gasteiger partial charge is 0.109 e. The molecule has 2 aromatic carbocycles. The summed E-state index contributed by atoms with van der Waals surface area (Å²) in [4.78, 5) is 0. The van der Waals surface area contributed by atoms with Gasteiger partial charge >= 0.3 is 0 Å². The lowest BCUT2D eigenvalue weighted by molar-refractivity contribution is 0.422. The lowest BCUT2D eigenvalue weighted by Crippen LogP contribution is -2.00. The minimum atomic E-state index is -0.439. The normalized spacial score (nSPS) is 11.1. The van der Waals surface area contributed by atoms with Gasteiger partial charge in [0.05, 0.1) is 19.3 Å². The summed E-state index contributed by atoms with van der Waals surface area (Å²) in [7, 11) is 0. The summed E-state index contributed by atoms with van der Waals surface area (Å²) in [6, 6.07) is 16.6. The summed E-state index contributed by atoms with van der Waals surface area (Å²) in [5, 5.41) is 14.6. The van der Waals surface area contributed by atoms with E-state index in [4.69, 9.17) is 0 Å². The molecule has 0 spiro atoms. The Morgan fingerprint density at radius 2 is 1.54 bits per heavy atom. The van der Waals surface area contributed by atoms with Crippen LogP contribution in [0.1, 0.15) is 30.2 Å². The van der Waals surface area contributed by atoms with E-state index in [2.05, 4.69) is 76.4 Å². The van der Waals surface area contributed by atoms with E-state index in [-0.39, 0.29) is 6.54 Å². The Hall–Kier alpha value is -3.15. The maximum atomic E-state index is 12.3. The van der Waals surface area contributed by atoms with E-state index < -0.39 is 6.67 Å². The molecule has 28 heavy (non-hydrogen) atoms. The number of nitrogens with one attached hydrogen (secondary N) is 2. The topological polar surface area (TPSA) is 54.8 Å². The van der Waals surface area contributed by atoms with Crippen LogP contribution in [0.4, 0.5) is 15.8 Å². The Morgan fingerprint density at radius 3 is 2.11 bits per heavy atom. The van der Waals surface area contributed by atoms with Crippen molar-refractivity contribution in [1.29, 1.82) is 0 Å². The minimum Gasteiger partial charge on any atom is -0.385 e. The molecule has 0 aliphatic carbocycles. The molecule has 0 atom stereocenters. The molecule has 0 bridgehead atoms. The number of anilines is 2. The standard InChI is InChI=1S/C22H26FN5/c1-2-14-24-20-9-5-18(6-10-20)3-4-19-7-11-21(12-8-19)25-16-22-17-28(15-13-23)27-26-22/h3-12,17,24-25H,2,13-16H2,1H3/b4-3+. The number of alkyl halides is 1. The number of hydrogen-bond acceptors (Lipinski definition) is 4. The van der Waals surface area contributed by atoms with Gasteiger partial charge in [-0.2, -0.15) is 0 Å². The second-order valence-electron chi connectivity index (χ2n) is 6.52. The molecule has 146 valence electrons. The molecule has 1 aromatic heterocycles. The summed E-state index contributed by atoms with van der Waals surface area (Å²) < 4.78 is 13.8. The molecule has 6 heteroatoms. The molecule has 0 saturated heterocycles. The van der Waals surface area contributed by atoms with Crippen molar-refractivity contribution in [3.63, 3.8) is 0 Å². The fourth-order valence-electron chi connectivity index (χ4n) is 2.69. The van der Waals surface area contributed by atoms with Gasteiger partial charge < -0.3 is 10.6 Å². The number of benzene rings is 2. The molecule has 2 N–H and O–H groups in total. The maximum Gasteiger partial charge on any atom is 0.109 e. The Bertz CT molecular complexity index is 869. The SMILES string of the molecule is CCCNc1ccc(/C=C/c2ccc(NCc3cn(CCF)nn3)cc2)cc1. The monoisotopic (exact) mass is 379 g/mol. The van der Waals surface area contributed by atoms with Crippen molar-refractivity contribution in [2.45, 2.75) is 26.4 Å². The van der Waals surface area contributed by atoms with Crippen molar-refractivity contribution < 1.29 is 4.39 Å². The zero-order valence-electron chi connectivity index (χ0n) is 16.1. The van der Waals surface area contributed by atoms with E-state index in [1.807, 2.05) is 12.1 Å². The highest BCUT2D eigenvalue weighted by atomic mass is 19.1. The Labute approximate surface area is 165 Å². The predicted octanol–water partition coefficient (Wildman–Crippen LogP) is 4.85. The Morgan fingerprint density at radius 1 is 0.929 bits per heavy atom. The second kappa shape index (κ2) is 10.3. The molecule has 0 fully saturated rings. The van der Waals surface area contributed by atoms with Gasteiger partial charge in [0.15, 0.2) is 0 Å². The van der Waals surface area contributed by atoms with Crippen LogP contribution in [0.15, 0.2) is 54.7 Å². The predicted molar refractivity (Wildman–Crippen MR) is 114 cm³/mol. The number of halogens is 1. The van der Waals surface area contributed by atoms with Gasteiger partial charge in [0.25, 0.3) is 0 Å². The first-order valence-corrected chi connectivity index (χ1v) is 9.58. The van der Waals surface area contributed by atoms with Crippen LogP contribution in [0.5, 0.6) is 0 Å². The van der Waals surface area contributed by atoms with Crippen LogP contribution in [0.2, 0.25) is 0 Å². The van der Waals surface area contributed by atoms with E-state index in [1.165, 1.54) is 10.2 Å². The zero-order valence-corrected chi connectivity index (χ0v) is 16.1. The van der Waals surface area contributed by atoms with Gasteiger partial charge in [-0.1, -0.05) is 48.6 Å². The third-order valence-electron chi connectivity index (χ3n) is 4.24. The van der Waals surface area contributed by atoms with E-state index in [0.717, 1.165) is 35.6 Å². The highest BCUT2D eigenvalue weighted by Gasteiger charge is 2.00. The van der Waals surface area contributed by atoms with Crippen molar-refractivity contribution in [3.8, 4) is 0 Å². The number of nitrogens with zero attached hydrogens (tertiary/aromatic N) is 3. The first-order valence-electron chi connectivity index (χ1n) is 9.58. The summed E-state index contributed by atoms with van der Waals surface area (Å²) in [6.45, 7) is 3.51. The van der Waals surface area contributed by atoms with E-state index in [9.17, 15) is 4.39 Å². The van der Waals surface area contributed by atoms with Gasteiger partial charge in [0, 0.05) is 17.9 Å². The average Bonchev–Trinajstić information content (AvgIpc) is 3.18. The average molecular weight is 379 g/mol. The molecule has 1 heterocycles. The van der Waals surface area contributed by atoms with E-state index >= 15 is 0 Å². The molecular formula is C22H26FN5. The molecule has 3 rings (SSSR count). The van der Waals surface area contributed by atoms with Crippen molar-refractivity contribution in [1.82, 2.24) is 15.0 Å². The van der Waals surface area contributed by atoms with Crippen LogP contribution in [0, 0.1) is 0 Å². The van der Waals surface area contributed by atoms with E-state index in [0.29, 0.717) is 6.54 Å². The number of hydrogen-bond donors (Lipinski definition) is 2. The van der Waals surface area contributed by atoms with Gasteiger partial charge in [-0.25, -0.2) is 9.07 Å². The van der Waals surface area contributed by atoms with Crippen LogP contribution in [0.3, 0.4) is 0 Å². The van der Waals surface area contributed by atoms with Crippen LogP contribution in [0.25, 0.3) is 12.2 Å². The summed E-state index contributed by atoms with van der Waals surface area (Å²) in [5.74, 6) is 0. The lowest BCUT2D eigenvalue weighted by Gasteiger charge is -2.05. The van der Waals surface area contributed by atoms with Gasteiger partial charge in [0.1, 0.15) is 12.4 Å². The first kappa shape index (κ1) is 19.6. The van der Waals surface area contributed by atoms with Crippen molar-refractivity contribution in [2.75, 3.05) is 23.9 Å². The second-order valence-corrected chi connectivity index (χ2v) is 6.52. The highest BCUT2D eigenvalue weighted by molar-refractivity contribution is 5.71. The van der Waals surface area contributed by atoms with Crippen LogP contribution in [-0.2, 0) is 13.1 Å². The highest BCUT2D eigenvalue weighted by Crippen LogP contribution is 2.15. The largest absolute Gasteiger partial charge is 0.385 e. The Balaban J connectivity index is 1.51. The Kier molecular flexibility index (Phi) is 7.18. The van der Waals surface area contributed by atoms with Gasteiger partial charge in [0.2, 0.25) is 0 Å². The molecule has 0 unspecified atom stereocenters. The van der Waals surface area contributed by atoms with Crippen LogP contribution < -0.4 is 10.6 Å². The lowest BCUT2D eigenvalue weighted by atomic mass is 10.1. The molecule has 0 amide bonds. The zero-order chi connectivity index (χ0) is 19.6. The number of rotatable bonds is 10. The third-order valence-corrected chi connectivity index (χ3v) is 4.24. The van der Waals surface area contributed by atoms with Gasteiger partial charge in [-0.05, 0) is 41.8 Å². The van der Waals surface area contributed by atoms with Crippen LogP contribution >= 0.6 is 0 Å². The molecule has 0 saturated carbocycles. The van der Waals surface area contributed by atoms with Crippen LogP contribution in [-0.4, -0.2) is 28.2 Å². The number of aryl methyl sites for hydroxylation is 1. The first-order chi connectivity index (χ1) is 13.8. The molecular weight excluding hydrogens is 353 g/mol. The molecule has 5 nitrogen and oxygen atoms in total.